The predicted molar refractivity (Wildman–Crippen MR) is 89.4 cm³/mol. The van der Waals surface area contributed by atoms with Crippen LogP contribution in [0.2, 0.25) is 0 Å². The fourth-order valence-corrected chi connectivity index (χ4v) is 2.01. The number of carbonyl (C=O) groups excluding carboxylic acids is 1. The molecule has 0 aromatic rings. The maximum Gasteiger partial charge on any atom is 0.243 e. The molecular formula is C13H25IN4O2. The van der Waals surface area contributed by atoms with Crippen molar-refractivity contribution >= 4 is 35.8 Å². The monoisotopic (exact) mass is 396 g/mol. The Morgan fingerprint density at radius 2 is 1.90 bits per heavy atom. The Balaban J connectivity index is 0.00000200. The van der Waals surface area contributed by atoms with Gasteiger partial charge in [0.25, 0.3) is 0 Å². The Morgan fingerprint density at radius 3 is 2.40 bits per heavy atom. The Kier molecular flexibility index (Phi) is 7.01. The number of likely N-dealkylation sites (tertiary alicyclic amines) is 1. The lowest BCUT2D eigenvalue weighted by atomic mass is 10.1. The maximum absolute atomic E-state index is 11.6. The van der Waals surface area contributed by atoms with Gasteiger partial charge >= 0.3 is 0 Å². The number of hydrogen-bond donors (Lipinski definition) is 2. The third kappa shape index (κ3) is 5.43. The lowest BCUT2D eigenvalue weighted by Crippen LogP contribution is -2.47. The van der Waals surface area contributed by atoms with Crippen LogP contribution >= 0.6 is 24.0 Å². The molecule has 1 aliphatic carbocycles. The summed E-state index contributed by atoms with van der Waals surface area (Å²) >= 11 is 0. The zero-order valence-corrected chi connectivity index (χ0v) is 14.5. The van der Waals surface area contributed by atoms with Gasteiger partial charge < -0.3 is 20.2 Å². The Labute approximate surface area is 137 Å². The number of aliphatic hydroxyl groups is 1. The van der Waals surface area contributed by atoms with Crippen LogP contribution in [0.15, 0.2) is 4.99 Å². The summed E-state index contributed by atoms with van der Waals surface area (Å²) in [5.41, 5.74) is 0. The number of halogens is 1. The standard InChI is InChI=1S/C13H24N4O2.HI/c1-16(2)12(19)9-14-13(15-10-3-4-10)17-7-5-11(18)6-8-17;/h10-11,18H,3-9H2,1-2H3,(H,14,15);1H. The van der Waals surface area contributed by atoms with Gasteiger partial charge in [0, 0.05) is 33.2 Å². The molecule has 7 heteroatoms. The van der Waals surface area contributed by atoms with E-state index in [2.05, 4.69) is 15.2 Å². The molecule has 0 spiro atoms. The molecule has 1 aliphatic heterocycles. The van der Waals surface area contributed by atoms with E-state index in [4.69, 9.17) is 0 Å². The lowest BCUT2D eigenvalue weighted by Gasteiger charge is -2.32. The summed E-state index contributed by atoms with van der Waals surface area (Å²) in [6.07, 6.45) is 3.70. The van der Waals surface area contributed by atoms with Crippen LogP contribution < -0.4 is 5.32 Å². The number of likely N-dealkylation sites (N-methyl/N-ethyl adjacent to an activating group) is 1. The molecule has 0 bridgehead atoms. The average Bonchev–Trinajstić information content (AvgIpc) is 3.19. The fourth-order valence-electron chi connectivity index (χ4n) is 2.01. The molecule has 2 N–H and O–H groups in total. The molecule has 0 radical (unpaired) electrons. The van der Waals surface area contributed by atoms with Gasteiger partial charge in [0.15, 0.2) is 5.96 Å². The van der Waals surface area contributed by atoms with Crippen LogP contribution in [-0.4, -0.2) is 72.6 Å². The van der Waals surface area contributed by atoms with Gasteiger partial charge in [-0.05, 0) is 25.7 Å². The highest BCUT2D eigenvalue weighted by Gasteiger charge is 2.26. The van der Waals surface area contributed by atoms with Gasteiger partial charge in [0.2, 0.25) is 5.91 Å². The number of nitrogens with one attached hydrogen (secondary N) is 1. The number of piperidine rings is 1. The first kappa shape index (κ1) is 17.5. The number of amides is 1. The van der Waals surface area contributed by atoms with Crippen LogP contribution in [0.25, 0.3) is 0 Å². The van der Waals surface area contributed by atoms with Crippen molar-refractivity contribution in [2.24, 2.45) is 4.99 Å². The third-order valence-electron chi connectivity index (χ3n) is 3.54. The SMILES string of the molecule is CN(C)C(=O)CN=C(NC1CC1)N1CCC(O)CC1.I. The van der Waals surface area contributed by atoms with Crippen LogP contribution in [0.3, 0.4) is 0 Å². The van der Waals surface area contributed by atoms with Crippen LogP contribution in [0, 0.1) is 0 Å². The number of guanidine groups is 1. The molecule has 0 aromatic heterocycles. The van der Waals surface area contributed by atoms with E-state index in [1.807, 2.05) is 0 Å². The van der Waals surface area contributed by atoms with Crippen LogP contribution in [0.5, 0.6) is 0 Å². The van der Waals surface area contributed by atoms with E-state index in [0.29, 0.717) is 6.04 Å². The Morgan fingerprint density at radius 1 is 1.30 bits per heavy atom. The topological polar surface area (TPSA) is 68.2 Å². The van der Waals surface area contributed by atoms with Crippen molar-refractivity contribution in [2.45, 2.75) is 37.8 Å². The molecule has 116 valence electrons. The van der Waals surface area contributed by atoms with Crippen LogP contribution in [-0.2, 0) is 4.79 Å². The molecule has 2 aliphatic rings. The van der Waals surface area contributed by atoms with E-state index in [9.17, 15) is 9.90 Å². The van der Waals surface area contributed by atoms with Crippen molar-refractivity contribution < 1.29 is 9.90 Å². The molecule has 0 atom stereocenters. The fraction of sp³-hybridized carbons (Fsp3) is 0.846. The maximum atomic E-state index is 11.6. The predicted octanol–water partition coefficient (Wildman–Crippen LogP) is 0.257. The summed E-state index contributed by atoms with van der Waals surface area (Å²) in [7, 11) is 3.48. The highest BCUT2D eigenvalue weighted by atomic mass is 127. The van der Waals surface area contributed by atoms with Crippen molar-refractivity contribution in [1.82, 2.24) is 15.1 Å². The second kappa shape index (κ2) is 8.02. The molecule has 1 heterocycles. The van der Waals surface area contributed by atoms with E-state index in [-0.39, 0.29) is 42.5 Å². The molecule has 20 heavy (non-hydrogen) atoms. The van der Waals surface area contributed by atoms with Gasteiger partial charge in [-0.15, -0.1) is 24.0 Å². The van der Waals surface area contributed by atoms with Gasteiger partial charge in [-0.1, -0.05) is 0 Å². The Bertz CT molecular complexity index is 350. The second-order valence-electron chi connectivity index (χ2n) is 5.56. The molecule has 0 unspecified atom stereocenters. The van der Waals surface area contributed by atoms with Crippen LogP contribution in [0.1, 0.15) is 25.7 Å². The van der Waals surface area contributed by atoms with Gasteiger partial charge in [0.05, 0.1) is 6.10 Å². The smallest absolute Gasteiger partial charge is 0.243 e. The van der Waals surface area contributed by atoms with Crippen molar-refractivity contribution in [3.63, 3.8) is 0 Å². The number of carbonyl (C=O) groups is 1. The van der Waals surface area contributed by atoms with E-state index < -0.39 is 0 Å². The van der Waals surface area contributed by atoms with Gasteiger partial charge in [-0.2, -0.15) is 0 Å². The van der Waals surface area contributed by atoms with E-state index >= 15 is 0 Å². The molecule has 2 rings (SSSR count). The van der Waals surface area contributed by atoms with Crippen molar-refractivity contribution in [1.29, 1.82) is 0 Å². The Hall–Kier alpha value is -0.570. The average molecular weight is 396 g/mol. The van der Waals surface area contributed by atoms with Crippen molar-refractivity contribution in [2.75, 3.05) is 33.7 Å². The summed E-state index contributed by atoms with van der Waals surface area (Å²) < 4.78 is 0. The molecule has 1 amide bonds. The number of aliphatic hydroxyl groups excluding tert-OH is 1. The normalized spacial score (nSPS) is 20.4. The van der Waals surface area contributed by atoms with Gasteiger partial charge in [-0.3, -0.25) is 4.79 Å². The minimum Gasteiger partial charge on any atom is -0.393 e. The number of nitrogens with zero attached hydrogens (tertiary/aromatic N) is 3. The summed E-state index contributed by atoms with van der Waals surface area (Å²) in [5, 5.41) is 12.9. The summed E-state index contributed by atoms with van der Waals surface area (Å²) in [6.45, 7) is 1.78. The molecule has 2 fully saturated rings. The minimum atomic E-state index is -0.193. The summed E-state index contributed by atoms with van der Waals surface area (Å²) in [4.78, 5) is 19.7. The molecule has 0 aromatic carbocycles. The third-order valence-corrected chi connectivity index (χ3v) is 3.54. The lowest BCUT2D eigenvalue weighted by molar-refractivity contribution is -0.127. The number of rotatable bonds is 3. The quantitative estimate of drug-likeness (QED) is 0.408. The van der Waals surface area contributed by atoms with E-state index in [0.717, 1.165) is 31.9 Å². The van der Waals surface area contributed by atoms with Crippen LogP contribution in [0.4, 0.5) is 0 Å². The van der Waals surface area contributed by atoms with Crippen molar-refractivity contribution in [3.8, 4) is 0 Å². The molecular weight excluding hydrogens is 371 g/mol. The summed E-state index contributed by atoms with van der Waals surface area (Å²) in [5.74, 6) is 0.830. The second-order valence-corrected chi connectivity index (χ2v) is 5.56. The molecule has 6 nitrogen and oxygen atoms in total. The minimum absolute atomic E-state index is 0. The first-order chi connectivity index (χ1) is 9.06. The zero-order valence-electron chi connectivity index (χ0n) is 12.2. The molecule has 1 saturated heterocycles. The number of hydrogen-bond acceptors (Lipinski definition) is 3. The highest BCUT2D eigenvalue weighted by Crippen LogP contribution is 2.20. The largest absolute Gasteiger partial charge is 0.393 e. The zero-order chi connectivity index (χ0) is 13.8. The highest BCUT2D eigenvalue weighted by molar-refractivity contribution is 14.0. The van der Waals surface area contributed by atoms with E-state index in [1.54, 1.807) is 19.0 Å². The number of aliphatic imine (C=N–C) groups is 1. The first-order valence-corrected chi connectivity index (χ1v) is 7.00. The van der Waals surface area contributed by atoms with E-state index in [1.165, 1.54) is 12.8 Å². The molecule has 1 saturated carbocycles. The van der Waals surface area contributed by atoms with Gasteiger partial charge in [0.1, 0.15) is 6.54 Å². The summed E-state index contributed by atoms with van der Waals surface area (Å²) in [6, 6.07) is 0.514. The van der Waals surface area contributed by atoms with Crippen molar-refractivity contribution in [3.05, 3.63) is 0 Å². The van der Waals surface area contributed by atoms with Gasteiger partial charge in [-0.25, -0.2) is 4.99 Å². The first-order valence-electron chi connectivity index (χ1n) is 7.00.